The molecule has 0 aliphatic carbocycles. The van der Waals surface area contributed by atoms with Crippen molar-refractivity contribution >= 4 is 11.6 Å². The lowest BCUT2D eigenvalue weighted by atomic mass is 10.2. The Morgan fingerprint density at radius 3 is 2.87 bits per heavy atom. The second kappa shape index (κ2) is 3.76. The van der Waals surface area contributed by atoms with Gasteiger partial charge in [0.1, 0.15) is 6.07 Å². The third-order valence-corrected chi connectivity index (χ3v) is 2.60. The van der Waals surface area contributed by atoms with Crippen LogP contribution in [0.25, 0.3) is 5.69 Å². The molecule has 0 radical (unpaired) electrons. The van der Waals surface area contributed by atoms with Crippen LogP contribution in [0.2, 0.25) is 5.02 Å². The molecular formula is C11H8ClN3. The van der Waals surface area contributed by atoms with Gasteiger partial charge in [0.15, 0.2) is 5.69 Å². The van der Waals surface area contributed by atoms with Crippen LogP contribution in [0.15, 0.2) is 30.5 Å². The Balaban J connectivity index is 2.55. The molecule has 2 aromatic rings. The highest BCUT2D eigenvalue weighted by molar-refractivity contribution is 6.31. The van der Waals surface area contributed by atoms with E-state index in [9.17, 15) is 0 Å². The molecule has 4 heteroatoms. The minimum Gasteiger partial charge on any atom is -0.239 e. The van der Waals surface area contributed by atoms with Gasteiger partial charge in [-0.1, -0.05) is 17.7 Å². The monoisotopic (exact) mass is 217 g/mol. The standard InChI is InChI=1S/C11H8ClN3/c1-8-10(12)3-2-4-11(8)15-6-5-9(7-13)14-15/h2-6H,1H3. The second-order valence-corrected chi connectivity index (χ2v) is 3.55. The molecule has 0 bridgehead atoms. The molecule has 74 valence electrons. The predicted octanol–water partition coefficient (Wildman–Crippen LogP) is 2.71. The summed E-state index contributed by atoms with van der Waals surface area (Å²) in [6.45, 7) is 1.92. The van der Waals surface area contributed by atoms with Crippen molar-refractivity contribution in [1.29, 1.82) is 5.26 Å². The van der Waals surface area contributed by atoms with Crippen molar-refractivity contribution in [2.45, 2.75) is 6.92 Å². The van der Waals surface area contributed by atoms with Crippen LogP contribution in [0.1, 0.15) is 11.3 Å². The summed E-state index contributed by atoms with van der Waals surface area (Å²) < 4.78 is 1.65. The van der Waals surface area contributed by atoms with Crippen LogP contribution in [0, 0.1) is 18.3 Å². The van der Waals surface area contributed by atoms with Crippen molar-refractivity contribution < 1.29 is 0 Å². The smallest absolute Gasteiger partial charge is 0.162 e. The molecule has 0 fully saturated rings. The highest BCUT2D eigenvalue weighted by Crippen LogP contribution is 2.21. The van der Waals surface area contributed by atoms with E-state index in [0.717, 1.165) is 11.3 Å². The van der Waals surface area contributed by atoms with Crippen molar-refractivity contribution in [1.82, 2.24) is 9.78 Å². The number of benzene rings is 1. The number of hydrogen-bond acceptors (Lipinski definition) is 2. The fourth-order valence-corrected chi connectivity index (χ4v) is 1.53. The first-order valence-electron chi connectivity index (χ1n) is 4.43. The average molecular weight is 218 g/mol. The van der Waals surface area contributed by atoms with Gasteiger partial charge in [-0.15, -0.1) is 0 Å². The first-order valence-corrected chi connectivity index (χ1v) is 4.81. The molecule has 0 atom stereocenters. The van der Waals surface area contributed by atoms with E-state index < -0.39 is 0 Å². The Morgan fingerprint density at radius 2 is 2.20 bits per heavy atom. The number of aromatic nitrogens is 2. The van der Waals surface area contributed by atoms with Crippen LogP contribution in [-0.2, 0) is 0 Å². The molecule has 0 aliphatic heterocycles. The molecule has 0 spiro atoms. The third kappa shape index (κ3) is 1.72. The maximum atomic E-state index is 8.67. The quantitative estimate of drug-likeness (QED) is 0.737. The van der Waals surface area contributed by atoms with E-state index in [4.69, 9.17) is 16.9 Å². The van der Waals surface area contributed by atoms with Crippen molar-refractivity contribution in [3.63, 3.8) is 0 Å². The Labute approximate surface area is 92.5 Å². The molecule has 0 N–H and O–H groups in total. The molecule has 1 aromatic heterocycles. The first kappa shape index (κ1) is 9.75. The first-order chi connectivity index (χ1) is 7.22. The molecule has 0 amide bonds. The van der Waals surface area contributed by atoms with Gasteiger partial charge < -0.3 is 0 Å². The number of nitrogens with zero attached hydrogens (tertiary/aromatic N) is 3. The Bertz CT molecular complexity index is 537. The normalized spacial score (nSPS) is 9.93. The van der Waals surface area contributed by atoms with E-state index in [0.29, 0.717) is 10.7 Å². The predicted molar refractivity (Wildman–Crippen MR) is 58.0 cm³/mol. The Morgan fingerprint density at radius 1 is 1.40 bits per heavy atom. The van der Waals surface area contributed by atoms with Gasteiger partial charge in [0.2, 0.25) is 0 Å². The minimum absolute atomic E-state index is 0.398. The van der Waals surface area contributed by atoms with E-state index >= 15 is 0 Å². The largest absolute Gasteiger partial charge is 0.239 e. The summed E-state index contributed by atoms with van der Waals surface area (Å²) in [5, 5.41) is 13.5. The van der Waals surface area contributed by atoms with Crippen LogP contribution >= 0.6 is 11.6 Å². The highest BCUT2D eigenvalue weighted by Gasteiger charge is 2.05. The zero-order valence-corrected chi connectivity index (χ0v) is 8.86. The van der Waals surface area contributed by atoms with Crippen molar-refractivity contribution in [2.24, 2.45) is 0 Å². The van der Waals surface area contributed by atoms with Crippen molar-refractivity contribution in [3.8, 4) is 11.8 Å². The van der Waals surface area contributed by atoms with Gasteiger partial charge >= 0.3 is 0 Å². The molecule has 0 unspecified atom stereocenters. The molecule has 0 saturated carbocycles. The lowest BCUT2D eigenvalue weighted by Gasteiger charge is -2.06. The van der Waals surface area contributed by atoms with Crippen LogP contribution in [0.3, 0.4) is 0 Å². The highest BCUT2D eigenvalue weighted by atomic mass is 35.5. The minimum atomic E-state index is 0.398. The summed E-state index contributed by atoms with van der Waals surface area (Å²) in [4.78, 5) is 0. The molecule has 2 rings (SSSR count). The van der Waals surface area contributed by atoms with E-state index in [-0.39, 0.29) is 0 Å². The fraction of sp³-hybridized carbons (Fsp3) is 0.0909. The summed E-state index contributed by atoms with van der Waals surface area (Å²) in [5.41, 5.74) is 2.24. The SMILES string of the molecule is Cc1c(Cl)cccc1-n1ccc(C#N)n1. The summed E-state index contributed by atoms with van der Waals surface area (Å²) in [5.74, 6) is 0. The van der Waals surface area contributed by atoms with Crippen LogP contribution in [0.4, 0.5) is 0 Å². The van der Waals surface area contributed by atoms with Gasteiger partial charge in [-0.3, -0.25) is 0 Å². The van der Waals surface area contributed by atoms with Gasteiger partial charge in [0.05, 0.1) is 5.69 Å². The second-order valence-electron chi connectivity index (χ2n) is 3.14. The fourth-order valence-electron chi connectivity index (χ4n) is 1.36. The molecule has 3 nitrogen and oxygen atoms in total. The van der Waals surface area contributed by atoms with E-state index in [2.05, 4.69) is 5.10 Å². The van der Waals surface area contributed by atoms with Gasteiger partial charge in [0, 0.05) is 11.2 Å². The zero-order valence-electron chi connectivity index (χ0n) is 8.11. The summed E-state index contributed by atoms with van der Waals surface area (Å²) in [7, 11) is 0. The topological polar surface area (TPSA) is 41.6 Å². The number of halogens is 1. The maximum absolute atomic E-state index is 8.67. The van der Waals surface area contributed by atoms with Gasteiger partial charge in [-0.05, 0) is 30.7 Å². The average Bonchev–Trinajstić information content (AvgIpc) is 2.70. The van der Waals surface area contributed by atoms with Gasteiger partial charge in [-0.2, -0.15) is 10.4 Å². The van der Waals surface area contributed by atoms with E-state index in [1.807, 2.05) is 31.2 Å². The van der Waals surface area contributed by atoms with Gasteiger partial charge in [-0.25, -0.2) is 4.68 Å². The molecule has 1 heterocycles. The Hall–Kier alpha value is -1.79. The summed E-state index contributed by atoms with van der Waals surface area (Å²) in [6, 6.07) is 9.25. The van der Waals surface area contributed by atoms with Gasteiger partial charge in [0.25, 0.3) is 0 Å². The zero-order chi connectivity index (χ0) is 10.8. The maximum Gasteiger partial charge on any atom is 0.162 e. The molecule has 0 aliphatic rings. The van der Waals surface area contributed by atoms with E-state index in [1.165, 1.54) is 0 Å². The molecule has 15 heavy (non-hydrogen) atoms. The molecule has 0 saturated heterocycles. The summed E-state index contributed by atoms with van der Waals surface area (Å²) >= 11 is 6.00. The molecule has 1 aromatic carbocycles. The summed E-state index contributed by atoms with van der Waals surface area (Å²) in [6.07, 6.45) is 1.75. The van der Waals surface area contributed by atoms with Crippen LogP contribution in [0.5, 0.6) is 0 Å². The third-order valence-electron chi connectivity index (χ3n) is 2.19. The van der Waals surface area contributed by atoms with Crippen LogP contribution in [-0.4, -0.2) is 9.78 Å². The van der Waals surface area contributed by atoms with Crippen molar-refractivity contribution in [2.75, 3.05) is 0 Å². The van der Waals surface area contributed by atoms with Crippen molar-refractivity contribution in [3.05, 3.63) is 46.7 Å². The lowest BCUT2D eigenvalue weighted by Crippen LogP contribution is -1.98. The Kier molecular flexibility index (Phi) is 2.44. The molecular weight excluding hydrogens is 210 g/mol. The van der Waals surface area contributed by atoms with Crippen LogP contribution < -0.4 is 0 Å². The van der Waals surface area contributed by atoms with E-state index in [1.54, 1.807) is 16.9 Å². The number of hydrogen-bond donors (Lipinski definition) is 0. The number of nitriles is 1. The number of rotatable bonds is 1. The lowest BCUT2D eigenvalue weighted by molar-refractivity contribution is 0.866.